The first kappa shape index (κ1) is 15.8. The molecule has 3 rings (SSSR count). The maximum atomic E-state index is 12.3. The fourth-order valence-electron chi connectivity index (χ4n) is 3.85. The topological polar surface area (TPSA) is 79.6 Å². The molecule has 1 aromatic rings. The molecule has 1 unspecified atom stereocenters. The molecule has 1 saturated carbocycles. The molecule has 124 valence electrons. The van der Waals surface area contributed by atoms with Gasteiger partial charge in [-0.05, 0) is 31.4 Å². The number of nitrogens with zero attached hydrogens (tertiary/aromatic N) is 2. The summed E-state index contributed by atoms with van der Waals surface area (Å²) in [6, 6.07) is 2.01. The zero-order chi connectivity index (χ0) is 16.6. The summed E-state index contributed by atoms with van der Waals surface area (Å²) in [5.74, 6) is -0.956. The van der Waals surface area contributed by atoms with Crippen LogP contribution in [0, 0.1) is 12.8 Å². The third-order valence-electron chi connectivity index (χ3n) is 5.05. The highest BCUT2D eigenvalue weighted by molar-refractivity contribution is 5.88. The van der Waals surface area contributed by atoms with Crippen LogP contribution >= 0.6 is 0 Å². The van der Waals surface area contributed by atoms with Crippen molar-refractivity contribution in [2.75, 3.05) is 6.54 Å². The maximum Gasteiger partial charge on any atom is 0.341 e. The van der Waals surface area contributed by atoms with Gasteiger partial charge in [0.15, 0.2) is 0 Å². The second-order valence-corrected chi connectivity index (χ2v) is 6.69. The molecule has 0 spiro atoms. The van der Waals surface area contributed by atoms with Crippen LogP contribution < -0.4 is 5.56 Å². The number of carboxylic acid groups (broad SMARTS) is 1. The minimum absolute atomic E-state index is 0.0742. The molecule has 1 N–H and O–H groups in total. The van der Waals surface area contributed by atoms with E-state index in [0.717, 1.165) is 12.8 Å². The van der Waals surface area contributed by atoms with E-state index in [1.54, 1.807) is 19.2 Å². The second kappa shape index (κ2) is 6.18. The Morgan fingerprint density at radius 2 is 2.00 bits per heavy atom. The lowest BCUT2D eigenvalue weighted by Crippen LogP contribution is -2.35. The number of carbonyl (C=O) groups is 2. The predicted molar refractivity (Wildman–Crippen MR) is 84.5 cm³/mol. The van der Waals surface area contributed by atoms with E-state index in [2.05, 4.69) is 0 Å². The van der Waals surface area contributed by atoms with Crippen molar-refractivity contribution in [2.24, 2.45) is 5.92 Å². The van der Waals surface area contributed by atoms with Crippen LogP contribution in [0.4, 0.5) is 0 Å². The average Bonchev–Trinajstić information content (AvgIpc) is 3.11. The van der Waals surface area contributed by atoms with Gasteiger partial charge < -0.3 is 14.6 Å². The van der Waals surface area contributed by atoms with Gasteiger partial charge in [0.1, 0.15) is 5.56 Å². The summed E-state index contributed by atoms with van der Waals surface area (Å²) in [6.07, 6.45) is 6.58. The molecule has 0 bridgehead atoms. The molecule has 0 radical (unpaired) electrons. The molecular formula is C17H22N2O4. The molecule has 0 aromatic carbocycles. The summed E-state index contributed by atoms with van der Waals surface area (Å²) in [6.45, 7) is 2.69. The number of carbonyl (C=O) groups excluding carboxylic acids is 1. The zero-order valence-electron chi connectivity index (χ0n) is 13.3. The molecule has 6 heteroatoms. The number of amides is 1. The largest absolute Gasteiger partial charge is 0.477 e. The van der Waals surface area contributed by atoms with E-state index in [0.29, 0.717) is 31.1 Å². The van der Waals surface area contributed by atoms with Gasteiger partial charge in [-0.15, -0.1) is 0 Å². The molecule has 2 heterocycles. The van der Waals surface area contributed by atoms with Crippen molar-refractivity contribution in [1.29, 1.82) is 0 Å². The van der Waals surface area contributed by atoms with Gasteiger partial charge in [0, 0.05) is 37.7 Å². The van der Waals surface area contributed by atoms with E-state index in [1.165, 1.54) is 17.4 Å². The van der Waals surface area contributed by atoms with Crippen LogP contribution in [0.3, 0.4) is 0 Å². The van der Waals surface area contributed by atoms with E-state index in [1.807, 2.05) is 4.90 Å². The normalized spacial score (nSPS) is 22.0. The lowest BCUT2D eigenvalue weighted by atomic mass is 10.1. The van der Waals surface area contributed by atoms with Crippen molar-refractivity contribution in [3.8, 4) is 0 Å². The van der Waals surface area contributed by atoms with Crippen LogP contribution in [-0.4, -0.2) is 39.0 Å². The summed E-state index contributed by atoms with van der Waals surface area (Å²) in [5.41, 5.74) is -0.192. The SMILES string of the molecule is Cc1ccn(CC2CC(=O)N(C3CCCC3)C2)c(=O)c1C(=O)O. The lowest BCUT2D eigenvalue weighted by molar-refractivity contribution is -0.129. The van der Waals surface area contributed by atoms with Crippen molar-refractivity contribution in [2.45, 2.75) is 51.6 Å². The van der Waals surface area contributed by atoms with Crippen molar-refractivity contribution in [1.82, 2.24) is 9.47 Å². The summed E-state index contributed by atoms with van der Waals surface area (Å²) >= 11 is 0. The number of hydrogen-bond acceptors (Lipinski definition) is 3. The van der Waals surface area contributed by atoms with Gasteiger partial charge in [-0.2, -0.15) is 0 Å². The van der Waals surface area contributed by atoms with Gasteiger partial charge in [-0.3, -0.25) is 9.59 Å². The molecular weight excluding hydrogens is 296 g/mol. The van der Waals surface area contributed by atoms with Crippen molar-refractivity contribution < 1.29 is 14.7 Å². The number of rotatable bonds is 4. The Kier molecular flexibility index (Phi) is 4.24. The average molecular weight is 318 g/mol. The number of pyridine rings is 1. The minimum Gasteiger partial charge on any atom is -0.477 e. The van der Waals surface area contributed by atoms with Gasteiger partial charge >= 0.3 is 5.97 Å². The summed E-state index contributed by atoms with van der Waals surface area (Å²) in [5, 5.41) is 9.18. The molecule has 6 nitrogen and oxygen atoms in total. The quantitative estimate of drug-likeness (QED) is 0.915. The van der Waals surface area contributed by atoms with E-state index in [-0.39, 0.29) is 17.4 Å². The summed E-state index contributed by atoms with van der Waals surface area (Å²) in [7, 11) is 0. The standard InChI is InChI=1S/C17H22N2O4/c1-11-6-7-18(16(21)15(11)17(22)23)9-12-8-14(20)19(10-12)13-4-2-3-5-13/h6-7,12-13H,2-5,8-10H2,1H3,(H,22,23). The predicted octanol–water partition coefficient (Wildman–Crippen LogP) is 1.65. The molecule has 1 aromatic heterocycles. The van der Waals surface area contributed by atoms with E-state index in [4.69, 9.17) is 0 Å². The first-order chi connectivity index (χ1) is 11.0. The molecule has 1 aliphatic heterocycles. The van der Waals surface area contributed by atoms with Crippen molar-refractivity contribution >= 4 is 11.9 Å². The van der Waals surface area contributed by atoms with Crippen LogP contribution in [0.1, 0.15) is 48.0 Å². The van der Waals surface area contributed by atoms with Crippen LogP contribution in [0.2, 0.25) is 0 Å². The van der Waals surface area contributed by atoms with E-state index in [9.17, 15) is 19.5 Å². The molecule has 1 atom stereocenters. The highest BCUT2D eigenvalue weighted by Crippen LogP contribution is 2.29. The van der Waals surface area contributed by atoms with Gasteiger partial charge in [0.2, 0.25) is 5.91 Å². The van der Waals surface area contributed by atoms with Gasteiger partial charge in [-0.1, -0.05) is 12.8 Å². The fourth-order valence-corrected chi connectivity index (χ4v) is 3.85. The lowest BCUT2D eigenvalue weighted by Gasteiger charge is -2.24. The van der Waals surface area contributed by atoms with Crippen LogP contribution in [0.25, 0.3) is 0 Å². The molecule has 23 heavy (non-hydrogen) atoms. The number of aromatic nitrogens is 1. The Morgan fingerprint density at radius 3 is 2.65 bits per heavy atom. The highest BCUT2D eigenvalue weighted by Gasteiger charge is 2.35. The third kappa shape index (κ3) is 3.02. The third-order valence-corrected chi connectivity index (χ3v) is 5.05. The smallest absolute Gasteiger partial charge is 0.341 e. The van der Waals surface area contributed by atoms with E-state index >= 15 is 0 Å². The van der Waals surface area contributed by atoms with E-state index < -0.39 is 11.5 Å². The first-order valence-electron chi connectivity index (χ1n) is 8.20. The molecule has 1 aliphatic carbocycles. The van der Waals surface area contributed by atoms with Gasteiger partial charge in [-0.25, -0.2) is 4.79 Å². The Balaban J connectivity index is 1.76. The van der Waals surface area contributed by atoms with Crippen LogP contribution in [-0.2, 0) is 11.3 Å². The fraction of sp³-hybridized carbons (Fsp3) is 0.588. The minimum atomic E-state index is -1.20. The summed E-state index contributed by atoms with van der Waals surface area (Å²) in [4.78, 5) is 37.7. The van der Waals surface area contributed by atoms with Gasteiger partial charge in [0.25, 0.3) is 5.56 Å². The zero-order valence-corrected chi connectivity index (χ0v) is 13.3. The summed E-state index contributed by atoms with van der Waals surface area (Å²) < 4.78 is 1.44. The first-order valence-corrected chi connectivity index (χ1v) is 8.20. The number of hydrogen-bond donors (Lipinski definition) is 1. The highest BCUT2D eigenvalue weighted by atomic mass is 16.4. The maximum absolute atomic E-state index is 12.3. The number of likely N-dealkylation sites (tertiary alicyclic amines) is 1. The van der Waals surface area contributed by atoms with Crippen molar-refractivity contribution in [3.63, 3.8) is 0 Å². The Morgan fingerprint density at radius 1 is 1.30 bits per heavy atom. The Labute approximate surface area is 134 Å². The number of aromatic carboxylic acids is 1. The van der Waals surface area contributed by atoms with Gasteiger partial charge in [0.05, 0.1) is 0 Å². The number of aryl methyl sites for hydroxylation is 1. The second-order valence-electron chi connectivity index (χ2n) is 6.69. The molecule has 2 aliphatic rings. The number of carboxylic acids is 1. The Bertz CT molecular complexity index is 688. The Hall–Kier alpha value is -2.11. The van der Waals surface area contributed by atoms with Crippen LogP contribution in [0.15, 0.2) is 17.1 Å². The monoisotopic (exact) mass is 318 g/mol. The molecule has 1 amide bonds. The molecule has 1 saturated heterocycles. The molecule has 2 fully saturated rings. The van der Waals surface area contributed by atoms with Crippen molar-refractivity contribution in [3.05, 3.63) is 33.7 Å². The van der Waals surface area contributed by atoms with Crippen LogP contribution in [0.5, 0.6) is 0 Å².